The molecule has 0 bridgehead atoms. The third-order valence-corrected chi connectivity index (χ3v) is 3.54. The molecule has 0 saturated heterocycles. The minimum absolute atomic E-state index is 0.0300. The highest BCUT2D eigenvalue weighted by atomic mass is 79.9. The van der Waals surface area contributed by atoms with Gasteiger partial charge in [0.05, 0.1) is 6.61 Å². The average Bonchev–Trinajstić information content (AvgIpc) is 2.37. The SMILES string of the molecule is CC(CC(=O)N(CCO)CC(F)(F)F)c1ccc(Br)cc1. The number of carbonyl (C=O) groups is 1. The van der Waals surface area contributed by atoms with E-state index in [-0.39, 0.29) is 18.9 Å². The van der Waals surface area contributed by atoms with Crippen LogP contribution in [0, 0.1) is 0 Å². The molecule has 0 aromatic heterocycles. The lowest BCUT2D eigenvalue weighted by Crippen LogP contribution is -2.41. The second-order valence-corrected chi connectivity index (χ2v) is 5.73. The van der Waals surface area contributed by atoms with E-state index < -0.39 is 25.2 Å². The highest BCUT2D eigenvalue weighted by molar-refractivity contribution is 9.10. The first-order chi connectivity index (χ1) is 9.73. The van der Waals surface area contributed by atoms with Crippen LogP contribution < -0.4 is 0 Å². The number of carbonyl (C=O) groups excluding carboxylic acids is 1. The van der Waals surface area contributed by atoms with Gasteiger partial charge in [-0.3, -0.25) is 4.79 Å². The van der Waals surface area contributed by atoms with Gasteiger partial charge in [0, 0.05) is 17.4 Å². The Morgan fingerprint density at radius 3 is 2.38 bits per heavy atom. The molecule has 0 aliphatic heterocycles. The summed E-state index contributed by atoms with van der Waals surface area (Å²) in [4.78, 5) is 12.6. The fourth-order valence-corrected chi connectivity index (χ4v) is 2.19. The van der Waals surface area contributed by atoms with Gasteiger partial charge in [0.1, 0.15) is 6.54 Å². The molecule has 0 spiro atoms. The van der Waals surface area contributed by atoms with Gasteiger partial charge in [-0.2, -0.15) is 13.2 Å². The highest BCUT2D eigenvalue weighted by Crippen LogP contribution is 2.23. The van der Waals surface area contributed by atoms with Crippen molar-refractivity contribution in [2.45, 2.75) is 25.4 Å². The Morgan fingerprint density at radius 2 is 1.90 bits per heavy atom. The van der Waals surface area contributed by atoms with E-state index in [2.05, 4.69) is 15.9 Å². The lowest BCUT2D eigenvalue weighted by atomic mass is 9.97. The maximum Gasteiger partial charge on any atom is 0.406 e. The summed E-state index contributed by atoms with van der Waals surface area (Å²) >= 11 is 3.29. The molecule has 0 aliphatic carbocycles. The molecule has 21 heavy (non-hydrogen) atoms. The molecule has 0 saturated carbocycles. The third kappa shape index (κ3) is 6.48. The molecular weight excluding hydrogens is 351 g/mol. The first-order valence-corrected chi connectivity index (χ1v) is 7.23. The quantitative estimate of drug-likeness (QED) is 0.837. The van der Waals surface area contributed by atoms with Crippen LogP contribution in [0.3, 0.4) is 0 Å². The fraction of sp³-hybridized carbons (Fsp3) is 0.500. The topological polar surface area (TPSA) is 40.5 Å². The van der Waals surface area contributed by atoms with Crippen molar-refractivity contribution in [2.24, 2.45) is 0 Å². The van der Waals surface area contributed by atoms with E-state index in [1.54, 1.807) is 6.92 Å². The molecule has 0 aliphatic rings. The molecule has 1 N–H and O–H groups in total. The zero-order valence-corrected chi connectivity index (χ0v) is 13.1. The lowest BCUT2D eigenvalue weighted by molar-refractivity contribution is -0.162. The molecule has 1 atom stereocenters. The first kappa shape index (κ1) is 18.0. The number of alkyl halides is 3. The molecule has 1 rings (SSSR count). The van der Waals surface area contributed by atoms with Crippen molar-refractivity contribution in [1.29, 1.82) is 0 Å². The Labute approximate surface area is 129 Å². The molecule has 0 radical (unpaired) electrons. The van der Waals surface area contributed by atoms with Gasteiger partial charge in [-0.05, 0) is 23.6 Å². The summed E-state index contributed by atoms with van der Waals surface area (Å²) in [5.74, 6) is -0.808. The molecular formula is C14H17BrF3NO2. The van der Waals surface area contributed by atoms with E-state index in [1.807, 2.05) is 24.3 Å². The maximum absolute atomic E-state index is 12.4. The summed E-state index contributed by atoms with van der Waals surface area (Å²) in [7, 11) is 0. The van der Waals surface area contributed by atoms with Crippen molar-refractivity contribution in [2.75, 3.05) is 19.7 Å². The normalized spacial score (nSPS) is 13.0. The largest absolute Gasteiger partial charge is 0.406 e. The Balaban J connectivity index is 2.69. The summed E-state index contributed by atoms with van der Waals surface area (Å²) in [5.41, 5.74) is 0.877. The number of rotatable bonds is 6. The van der Waals surface area contributed by atoms with Crippen LogP contribution in [0.1, 0.15) is 24.8 Å². The molecule has 1 aromatic rings. The number of amides is 1. The molecule has 118 valence electrons. The molecule has 0 heterocycles. The molecule has 1 amide bonds. The monoisotopic (exact) mass is 367 g/mol. The van der Waals surface area contributed by atoms with Crippen molar-refractivity contribution < 1.29 is 23.1 Å². The minimum Gasteiger partial charge on any atom is -0.395 e. The summed E-state index contributed by atoms with van der Waals surface area (Å²) < 4.78 is 38.1. The van der Waals surface area contributed by atoms with E-state index in [0.29, 0.717) is 4.90 Å². The standard InChI is InChI=1S/C14H17BrF3NO2/c1-10(11-2-4-12(15)5-3-11)8-13(21)19(6-7-20)9-14(16,17)18/h2-5,10,20H,6-9H2,1H3. The Kier molecular flexibility index (Phi) is 6.67. The van der Waals surface area contributed by atoms with Crippen LogP contribution in [0.2, 0.25) is 0 Å². The van der Waals surface area contributed by atoms with Gasteiger partial charge < -0.3 is 10.0 Å². The smallest absolute Gasteiger partial charge is 0.395 e. The van der Waals surface area contributed by atoms with E-state index in [0.717, 1.165) is 10.0 Å². The van der Waals surface area contributed by atoms with Gasteiger partial charge in [-0.25, -0.2) is 0 Å². The van der Waals surface area contributed by atoms with Crippen LogP contribution in [0.15, 0.2) is 28.7 Å². The molecule has 0 fully saturated rings. The van der Waals surface area contributed by atoms with Gasteiger partial charge in [0.15, 0.2) is 0 Å². The fourth-order valence-electron chi connectivity index (χ4n) is 1.93. The van der Waals surface area contributed by atoms with Crippen LogP contribution in [-0.2, 0) is 4.79 Å². The minimum atomic E-state index is -4.47. The van der Waals surface area contributed by atoms with E-state index in [4.69, 9.17) is 5.11 Å². The van der Waals surface area contributed by atoms with Crippen molar-refractivity contribution in [3.8, 4) is 0 Å². The predicted molar refractivity (Wildman–Crippen MR) is 76.9 cm³/mol. The van der Waals surface area contributed by atoms with Gasteiger partial charge in [-0.15, -0.1) is 0 Å². The predicted octanol–water partition coefficient (Wildman–Crippen LogP) is 3.33. The average molecular weight is 368 g/mol. The molecule has 1 aromatic carbocycles. The second-order valence-electron chi connectivity index (χ2n) is 4.81. The van der Waals surface area contributed by atoms with Crippen molar-refractivity contribution in [1.82, 2.24) is 4.90 Å². The summed E-state index contributed by atoms with van der Waals surface area (Å²) in [6, 6.07) is 7.28. The van der Waals surface area contributed by atoms with Crippen LogP contribution in [0.4, 0.5) is 13.2 Å². The van der Waals surface area contributed by atoms with Crippen LogP contribution in [-0.4, -0.2) is 41.8 Å². The Bertz CT molecular complexity index is 462. The number of nitrogens with zero attached hydrogens (tertiary/aromatic N) is 1. The number of hydrogen-bond acceptors (Lipinski definition) is 2. The number of benzene rings is 1. The van der Waals surface area contributed by atoms with Crippen molar-refractivity contribution in [3.63, 3.8) is 0 Å². The van der Waals surface area contributed by atoms with E-state index >= 15 is 0 Å². The summed E-state index contributed by atoms with van der Waals surface area (Å²) in [5, 5.41) is 8.80. The van der Waals surface area contributed by atoms with Crippen LogP contribution in [0.5, 0.6) is 0 Å². The first-order valence-electron chi connectivity index (χ1n) is 6.44. The number of aliphatic hydroxyl groups excluding tert-OH is 1. The summed E-state index contributed by atoms with van der Waals surface area (Å²) in [6.45, 7) is -0.356. The van der Waals surface area contributed by atoms with Crippen molar-refractivity contribution >= 4 is 21.8 Å². The lowest BCUT2D eigenvalue weighted by Gasteiger charge is -2.24. The molecule has 1 unspecified atom stereocenters. The molecule has 7 heteroatoms. The van der Waals surface area contributed by atoms with Gasteiger partial charge >= 0.3 is 6.18 Å². The molecule has 3 nitrogen and oxygen atoms in total. The van der Waals surface area contributed by atoms with Gasteiger partial charge in [-0.1, -0.05) is 35.0 Å². The maximum atomic E-state index is 12.4. The van der Waals surface area contributed by atoms with Crippen LogP contribution >= 0.6 is 15.9 Å². The zero-order chi connectivity index (χ0) is 16.0. The third-order valence-electron chi connectivity index (χ3n) is 3.01. The van der Waals surface area contributed by atoms with E-state index in [1.165, 1.54) is 0 Å². The highest BCUT2D eigenvalue weighted by Gasteiger charge is 2.33. The van der Waals surface area contributed by atoms with Gasteiger partial charge in [0.25, 0.3) is 0 Å². The zero-order valence-electron chi connectivity index (χ0n) is 11.5. The number of hydrogen-bond donors (Lipinski definition) is 1. The number of halogens is 4. The van der Waals surface area contributed by atoms with Gasteiger partial charge in [0.2, 0.25) is 5.91 Å². The van der Waals surface area contributed by atoms with Crippen LogP contribution in [0.25, 0.3) is 0 Å². The Morgan fingerprint density at radius 1 is 1.33 bits per heavy atom. The van der Waals surface area contributed by atoms with E-state index in [9.17, 15) is 18.0 Å². The Hall–Kier alpha value is -1.08. The number of aliphatic hydroxyl groups is 1. The second kappa shape index (κ2) is 7.79. The van der Waals surface area contributed by atoms with Crippen molar-refractivity contribution in [3.05, 3.63) is 34.3 Å². The summed E-state index contributed by atoms with van der Waals surface area (Å²) in [6.07, 6.45) is -4.50.